The van der Waals surface area contributed by atoms with Gasteiger partial charge in [-0.05, 0) is 6.92 Å². The van der Waals surface area contributed by atoms with Gasteiger partial charge in [0, 0.05) is 19.5 Å². The maximum Gasteiger partial charge on any atom is 0.220 e. The minimum absolute atomic E-state index is 0.0848. The smallest absolute Gasteiger partial charge is 0.220 e. The Hall–Kier alpha value is -1.12. The summed E-state index contributed by atoms with van der Waals surface area (Å²) in [6, 6.07) is 0. The fourth-order valence-electron chi connectivity index (χ4n) is 0.401. The van der Waals surface area contributed by atoms with Crippen molar-refractivity contribution in [2.24, 2.45) is 0 Å². The number of rotatable bonds is 3. The third-order valence-corrected chi connectivity index (χ3v) is 0.810. The molecule has 0 aromatic rings. The third-order valence-electron chi connectivity index (χ3n) is 0.810. The van der Waals surface area contributed by atoms with Crippen LogP contribution in [0.4, 0.5) is 0 Å². The number of hydrogen-bond acceptors (Lipinski definition) is 2. The number of carbonyl (C=O) groups is 2. The first-order valence-corrected chi connectivity index (χ1v) is 3.04. The fraction of sp³-hybridized carbons (Fsp3) is 0.429. The topological polar surface area (TPSA) is 46.2 Å². The van der Waals surface area contributed by atoms with E-state index in [0.29, 0.717) is 6.42 Å². The average Bonchev–Trinajstić information content (AvgIpc) is 1.79. The van der Waals surface area contributed by atoms with Crippen LogP contribution in [-0.2, 0) is 9.59 Å². The molecule has 1 amide bonds. The second-order valence-corrected chi connectivity index (χ2v) is 2.01. The first kappa shape index (κ1) is 8.88. The van der Waals surface area contributed by atoms with Gasteiger partial charge in [0.05, 0.1) is 0 Å². The predicted octanol–water partition coefficient (Wildman–Crippen LogP) is 0.615. The molecule has 10 heavy (non-hydrogen) atoms. The lowest BCUT2D eigenvalue weighted by atomic mass is 10.3. The molecule has 0 radical (unpaired) electrons. The van der Waals surface area contributed by atoms with Crippen molar-refractivity contribution in [3.63, 3.8) is 0 Å². The number of carbonyl (C=O) groups excluding carboxylic acids is 2. The van der Waals surface area contributed by atoms with Crippen LogP contribution < -0.4 is 5.32 Å². The molecule has 0 aliphatic rings. The Morgan fingerprint density at radius 3 is 2.40 bits per heavy atom. The molecule has 0 heterocycles. The zero-order valence-corrected chi connectivity index (χ0v) is 6.18. The Morgan fingerprint density at radius 2 is 2.00 bits per heavy atom. The quantitative estimate of drug-likeness (QED) is 0.626. The molecule has 0 aliphatic heterocycles. The van der Waals surface area contributed by atoms with Crippen molar-refractivity contribution in [2.75, 3.05) is 0 Å². The molecular weight excluding hydrogens is 130 g/mol. The second kappa shape index (κ2) is 4.73. The largest absolute Gasteiger partial charge is 0.333 e. The number of amides is 1. The van der Waals surface area contributed by atoms with E-state index in [-0.39, 0.29) is 11.7 Å². The lowest BCUT2D eigenvalue weighted by molar-refractivity contribution is -0.118. The molecule has 56 valence electrons. The Morgan fingerprint density at radius 1 is 1.40 bits per heavy atom. The van der Waals surface area contributed by atoms with Crippen molar-refractivity contribution < 1.29 is 9.59 Å². The molecule has 3 nitrogen and oxygen atoms in total. The van der Waals surface area contributed by atoms with Gasteiger partial charge < -0.3 is 5.32 Å². The summed E-state index contributed by atoms with van der Waals surface area (Å²) in [5, 5.41) is 2.43. The molecule has 0 atom stereocenters. The van der Waals surface area contributed by atoms with E-state index in [2.05, 4.69) is 5.32 Å². The van der Waals surface area contributed by atoms with Crippen molar-refractivity contribution >= 4 is 11.7 Å². The molecule has 3 heteroatoms. The minimum Gasteiger partial charge on any atom is -0.333 e. The Labute approximate surface area is 60.1 Å². The first-order chi connectivity index (χ1) is 4.63. The van der Waals surface area contributed by atoms with E-state index in [1.807, 2.05) is 0 Å². The van der Waals surface area contributed by atoms with Crippen molar-refractivity contribution in [3.05, 3.63) is 12.3 Å². The number of hydrogen-bond donors (Lipinski definition) is 1. The average molecular weight is 141 g/mol. The van der Waals surface area contributed by atoms with Crippen LogP contribution in [0.3, 0.4) is 0 Å². The highest BCUT2D eigenvalue weighted by atomic mass is 16.1. The zero-order valence-electron chi connectivity index (χ0n) is 6.18. The van der Waals surface area contributed by atoms with E-state index < -0.39 is 0 Å². The number of Topliss-reactive ketones (excluding diaryl/α,β-unsaturated/α-hetero) is 1. The van der Waals surface area contributed by atoms with E-state index >= 15 is 0 Å². The standard InChI is InChI=1S/C7H11NO2/c1-6(9)4-3-5-8-7(2)10/h3,5H,4H2,1-2H3,(H,8,10). The lowest BCUT2D eigenvalue weighted by Crippen LogP contribution is -2.11. The summed E-state index contributed by atoms with van der Waals surface area (Å²) in [7, 11) is 0. The first-order valence-electron chi connectivity index (χ1n) is 3.04. The molecule has 0 unspecified atom stereocenters. The van der Waals surface area contributed by atoms with Gasteiger partial charge in [0.2, 0.25) is 5.91 Å². The summed E-state index contributed by atoms with van der Waals surface area (Å²) in [6.07, 6.45) is 3.47. The Kier molecular flexibility index (Phi) is 4.20. The highest BCUT2D eigenvalue weighted by molar-refractivity contribution is 5.77. The van der Waals surface area contributed by atoms with Gasteiger partial charge in [-0.3, -0.25) is 9.59 Å². The molecule has 0 rings (SSSR count). The molecule has 0 bridgehead atoms. The van der Waals surface area contributed by atoms with E-state index in [9.17, 15) is 9.59 Å². The SMILES string of the molecule is CC(=O)CC=CNC(C)=O. The molecule has 0 aliphatic carbocycles. The van der Waals surface area contributed by atoms with E-state index in [1.54, 1.807) is 6.08 Å². The zero-order chi connectivity index (χ0) is 7.98. The molecule has 1 N–H and O–H groups in total. The van der Waals surface area contributed by atoms with Crippen LogP contribution >= 0.6 is 0 Å². The molecule has 0 fully saturated rings. The van der Waals surface area contributed by atoms with Crippen LogP contribution in [0.25, 0.3) is 0 Å². The highest BCUT2D eigenvalue weighted by Gasteiger charge is 1.85. The van der Waals surface area contributed by atoms with Gasteiger partial charge in [0.15, 0.2) is 0 Å². The number of ketones is 1. The third kappa shape index (κ3) is 6.88. The Balaban J connectivity index is 3.38. The summed E-state index contributed by atoms with van der Waals surface area (Å²) in [6.45, 7) is 2.91. The predicted molar refractivity (Wildman–Crippen MR) is 38.3 cm³/mol. The molecule has 0 saturated heterocycles. The molecule has 0 aromatic heterocycles. The summed E-state index contributed by atoms with van der Waals surface area (Å²) in [5.41, 5.74) is 0. The van der Waals surface area contributed by atoms with Crippen molar-refractivity contribution in [2.45, 2.75) is 20.3 Å². The van der Waals surface area contributed by atoms with Crippen LogP contribution in [0, 0.1) is 0 Å². The van der Waals surface area contributed by atoms with E-state index in [1.165, 1.54) is 20.0 Å². The lowest BCUT2D eigenvalue weighted by Gasteiger charge is -1.88. The van der Waals surface area contributed by atoms with Crippen LogP contribution in [0.5, 0.6) is 0 Å². The molecule has 0 aromatic carbocycles. The van der Waals surface area contributed by atoms with Gasteiger partial charge in [0.1, 0.15) is 5.78 Å². The van der Waals surface area contributed by atoms with E-state index in [0.717, 1.165) is 0 Å². The van der Waals surface area contributed by atoms with Gasteiger partial charge in [-0.15, -0.1) is 0 Å². The van der Waals surface area contributed by atoms with Crippen molar-refractivity contribution in [3.8, 4) is 0 Å². The number of allylic oxidation sites excluding steroid dienone is 1. The fourth-order valence-corrected chi connectivity index (χ4v) is 0.401. The molecular formula is C7H11NO2. The number of nitrogens with one attached hydrogen (secondary N) is 1. The van der Waals surface area contributed by atoms with Crippen LogP contribution in [-0.4, -0.2) is 11.7 Å². The van der Waals surface area contributed by atoms with Gasteiger partial charge in [-0.25, -0.2) is 0 Å². The Bertz CT molecular complexity index is 143. The molecule has 0 saturated carbocycles. The van der Waals surface area contributed by atoms with Gasteiger partial charge in [-0.2, -0.15) is 0 Å². The molecule has 0 spiro atoms. The highest BCUT2D eigenvalue weighted by Crippen LogP contribution is 1.81. The van der Waals surface area contributed by atoms with Gasteiger partial charge >= 0.3 is 0 Å². The summed E-state index contributed by atoms with van der Waals surface area (Å²) in [5.74, 6) is -0.0404. The summed E-state index contributed by atoms with van der Waals surface area (Å²) < 4.78 is 0. The summed E-state index contributed by atoms with van der Waals surface area (Å²) in [4.78, 5) is 20.6. The second-order valence-electron chi connectivity index (χ2n) is 2.01. The van der Waals surface area contributed by atoms with Crippen LogP contribution in [0.15, 0.2) is 12.3 Å². The van der Waals surface area contributed by atoms with Crippen molar-refractivity contribution in [1.29, 1.82) is 0 Å². The normalized spacial score (nSPS) is 9.80. The van der Waals surface area contributed by atoms with Gasteiger partial charge in [-0.1, -0.05) is 6.08 Å². The summed E-state index contributed by atoms with van der Waals surface area (Å²) >= 11 is 0. The van der Waals surface area contributed by atoms with Gasteiger partial charge in [0.25, 0.3) is 0 Å². The maximum atomic E-state index is 10.3. The van der Waals surface area contributed by atoms with Crippen molar-refractivity contribution in [1.82, 2.24) is 5.32 Å². The monoisotopic (exact) mass is 141 g/mol. The maximum absolute atomic E-state index is 10.3. The van der Waals surface area contributed by atoms with Crippen LogP contribution in [0.1, 0.15) is 20.3 Å². The minimum atomic E-state index is -0.125. The van der Waals surface area contributed by atoms with Crippen LogP contribution in [0.2, 0.25) is 0 Å². The van der Waals surface area contributed by atoms with E-state index in [4.69, 9.17) is 0 Å².